The highest BCUT2D eigenvalue weighted by molar-refractivity contribution is 7.12. The second kappa shape index (κ2) is 4.99. The topological polar surface area (TPSA) is 29.5 Å². The highest BCUT2D eigenvalue weighted by Gasteiger charge is 2.14. The number of hydrogen-bond donors (Lipinski definition) is 0. The Hall–Kier alpha value is -0.870. The fourth-order valence-electron chi connectivity index (χ4n) is 0.973. The lowest BCUT2D eigenvalue weighted by Gasteiger charge is -2.17. The zero-order valence-electron chi connectivity index (χ0n) is 7.82. The Labute approximate surface area is 81.9 Å². The van der Waals surface area contributed by atoms with Crippen LogP contribution in [-0.2, 0) is 4.84 Å². The molecule has 0 aliphatic rings. The van der Waals surface area contributed by atoms with Crippen molar-refractivity contribution in [2.45, 2.75) is 13.8 Å². The first kappa shape index (κ1) is 10.2. The van der Waals surface area contributed by atoms with Crippen molar-refractivity contribution in [3.8, 4) is 0 Å². The SMILES string of the molecule is CCON(CC)C(=O)c1cccs1. The number of nitrogens with zero attached hydrogens (tertiary/aromatic N) is 1. The smallest absolute Gasteiger partial charge is 0.271 e. The van der Waals surface area contributed by atoms with Crippen LogP contribution in [0.25, 0.3) is 0 Å². The number of rotatable bonds is 4. The summed E-state index contributed by atoms with van der Waals surface area (Å²) in [6.07, 6.45) is 0. The van der Waals surface area contributed by atoms with Crippen molar-refractivity contribution in [2.75, 3.05) is 13.2 Å². The third-order valence-corrected chi connectivity index (χ3v) is 2.39. The summed E-state index contributed by atoms with van der Waals surface area (Å²) in [7, 11) is 0. The fourth-order valence-corrected chi connectivity index (χ4v) is 1.64. The quantitative estimate of drug-likeness (QED) is 0.695. The largest absolute Gasteiger partial charge is 0.287 e. The lowest BCUT2D eigenvalue weighted by atomic mass is 10.4. The molecule has 1 rings (SSSR count). The van der Waals surface area contributed by atoms with Crippen LogP contribution in [0.3, 0.4) is 0 Å². The molecule has 0 saturated heterocycles. The number of amides is 1. The van der Waals surface area contributed by atoms with E-state index in [2.05, 4.69) is 0 Å². The van der Waals surface area contributed by atoms with Gasteiger partial charge in [-0.1, -0.05) is 6.07 Å². The summed E-state index contributed by atoms with van der Waals surface area (Å²) in [4.78, 5) is 17.5. The number of hydroxylamine groups is 2. The van der Waals surface area contributed by atoms with Crippen molar-refractivity contribution in [3.63, 3.8) is 0 Å². The van der Waals surface area contributed by atoms with E-state index in [0.717, 1.165) is 4.88 Å². The predicted octanol–water partition coefficient (Wildman–Crippen LogP) is 2.16. The summed E-state index contributed by atoms with van der Waals surface area (Å²) in [5.41, 5.74) is 0. The number of carbonyl (C=O) groups is 1. The molecule has 0 aliphatic heterocycles. The molecule has 0 atom stereocenters. The standard InChI is InChI=1S/C9H13NO2S/c1-3-10(12-4-2)9(11)8-6-5-7-13-8/h5-7H,3-4H2,1-2H3. The summed E-state index contributed by atoms with van der Waals surface area (Å²) in [5, 5.41) is 3.26. The predicted molar refractivity (Wildman–Crippen MR) is 52.7 cm³/mol. The summed E-state index contributed by atoms with van der Waals surface area (Å²) in [5.74, 6) is -0.0562. The minimum Gasteiger partial charge on any atom is -0.271 e. The van der Waals surface area contributed by atoms with Crippen LogP contribution < -0.4 is 0 Å². The van der Waals surface area contributed by atoms with E-state index in [4.69, 9.17) is 4.84 Å². The molecule has 0 fully saturated rings. The van der Waals surface area contributed by atoms with Gasteiger partial charge in [0.15, 0.2) is 0 Å². The van der Waals surface area contributed by atoms with Gasteiger partial charge in [0, 0.05) is 6.54 Å². The molecular formula is C9H13NO2S. The van der Waals surface area contributed by atoms with Gasteiger partial charge in [0.2, 0.25) is 0 Å². The molecule has 0 saturated carbocycles. The maximum Gasteiger partial charge on any atom is 0.287 e. The molecular weight excluding hydrogens is 186 g/mol. The average molecular weight is 199 g/mol. The molecule has 0 spiro atoms. The molecule has 1 amide bonds. The molecule has 0 bridgehead atoms. The summed E-state index contributed by atoms with van der Waals surface area (Å²) in [6.45, 7) is 4.85. The van der Waals surface area contributed by atoms with Gasteiger partial charge in [-0.2, -0.15) is 0 Å². The Kier molecular flexibility index (Phi) is 3.92. The molecule has 1 heterocycles. The maximum absolute atomic E-state index is 11.6. The highest BCUT2D eigenvalue weighted by atomic mass is 32.1. The van der Waals surface area contributed by atoms with Crippen molar-refractivity contribution in [3.05, 3.63) is 22.4 Å². The molecule has 1 aromatic rings. The van der Waals surface area contributed by atoms with Crippen LogP contribution in [0.4, 0.5) is 0 Å². The minimum atomic E-state index is -0.0562. The van der Waals surface area contributed by atoms with Gasteiger partial charge in [-0.25, -0.2) is 5.06 Å². The zero-order chi connectivity index (χ0) is 9.68. The van der Waals surface area contributed by atoms with Crippen LogP contribution in [0.2, 0.25) is 0 Å². The summed E-state index contributed by atoms with van der Waals surface area (Å²) >= 11 is 1.43. The van der Waals surface area contributed by atoms with Gasteiger partial charge in [0.05, 0.1) is 11.5 Å². The van der Waals surface area contributed by atoms with Gasteiger partial charge in [-0.15, -0.1) is 11.3 Å². The van der Waals surface area contributed by atoms with E-state index in [0.29, 0.717) is 13.2 Å². The van der Waals surface area contributed by atoms with Crippen molar-refractivity contribution >= 4 is 17.2 Å². The van der Waals surface area contributed by atoms with Gasteiger partial charge in [0.25, 0.3) is 5.91 Å². The summed E-state index contributed by atoms with van der Waals surface area (Å²) < 4.78 is 0. The Morgan fingerprint density at radius 2 is 2.38 bits per heavy atom. The number of hydrogen-bond acceptors (Lipinski definition) is 3. The number of carbonyl (C=O) groups excluding carboxylic acids is 1. The van der Waals surface area contributed by atoms with Crippen molar-refractivity contribution in [1.82, 2.24) is 5.06 Å². The van der Waals surface area contributed by atoms with Crippen LogP contribution in [0.15, 0.2) is 17.5 Å². The Morgan fingerprint density at radius 1 is 1.62 bits per heavy atom. The first-order valence-electron chi connectivity index (χ1n) is 4.27. The maximum atomic E-state index is 11.6. The van der Waals surface area contributed by atoms with Crippen LogP contribution in [0.5, 0.6) is 0 Å². The molecule has 1 aromatic heterocycles. The van der Waals surface area contributed by atoms with Crippen LogP contribution in [0.1, 0.15) is 23.5 Å². The summed E-state index contributed by atoms with van der Waals surface area (Å²) in [6, 6.07) is 3.66. The monoisotopic (exact) mass is 199 g/mol. The van der Waals surface area contributed by atoms with Gasteiger partial charge < -0.3 is 0 Å². The minimum absolute atomic E-state index is 0.0562. The average Bonchev–Trinajstić information content (AvgIpc) is 2.65. The Bertz CT molecular complexity index is 259. The van der Waals surface area contributed by atoms with Crippen molar-refractivity contribution < 1.29 is 9.63 Å². The zero-order valence-corrected chi connectivity index (χ0v) is 8.63. The molecule has 0 aliphatic carbocycles. The van der Waals surface area contributed by atoms with Gasteiger partial charge in [0.1, 0.15) is 0 Å². The lowest BCUT2D eigenvalue weighted by Crippen LogP contribution is -2.30. The third kappa shape index (κ3) is 2.54. The molecule has 0 unspecified atom stereocenters. The van der Waals surface area contributed by atoms with Crippen LogP contribution >= 0.6 is 11.3 Å². The van der Waals surface area contributed by atoms with Crippen LogP contribution in [0, 0.1) is 0 Å². The van der Waals surface area contributed by atoms with Crippen LogP contribution in [-0.4, -0.2) is 24.1 Å². The van der Waals surface area contributed by atoms with Gasteiger partial charge in [-0.05, 0) is 25.3 Å². The second-order valence-corrected chi connectivity index (χ2v) is 3.34. The molecule has 0 aromatic carbocycles. The fraction of sp³-hybridized carbons (Fsp3) is 0.444. The highest BCUT2D eigenvalue weighted by Crippen LogP contribution is 2.11. The van der Waals surface area contributed by atoms with Gasteiger partial charge >= 0.3 is 0 Å². The van der Waals surface area contributed by atoms with E-state index in [1.54, 1.807) is 6.07 Å². The normalized spacial score (nSPS) is 10.0. The Balaban J connectivity index is 2.65. The molecule has 0 radical (unpaired) electrons. The van der Waals surface area contributed by atoms with E-state index < -0.39 is 0 Å². The first-order valence-corrected chi connectivity index (χ1v) is 5.15. The molecule has 72 valence electrons. The van der Waals surface area contributed by atoms with E-state index in [1.807, 2.05) is 25.3 Å². The van der Waals surface area contributed by atoms with E-state index in [9.17, 15) is 4.79 Å². The molecule has 3 nitrogen and oxygen atoms in total. The number of thiophene rings is 1. The van der Waals surface area contributed by atoms with E-state index in [-0.39, 0.29) is 5.91 Å². The molecule has 13 heavy (non-hydrogen) atoms. The lowest BCUT2D eigenvalue weighted by molar-refractivity contribution is -0.115. The second-order valence-electron chi connectivity index (χ2n) is 2.39. The van der Waals surface area contributed by atoms with Gasteiger partial charge in [-0.3, -0.25) is 9.63 Å². The Morgan fingerprint density at radius 3 is 2.85 bits per heavy atom. The van der Waals surface area contributed by atoms with E-state index in [1.165, 1.54) is 16.4 Å². The van der Waals surface area contributed by atoms with E-state index >= 15 is 0 Å². The molecule has 4 heteroatoms. The van der Waals surface area contributed by atoms with Crippen molar-refractivity contribution in [2.24, 2.45) is 0 Å². The third-order valence-electron chi connectivity index (χ3n) is 1.53. The molecule has 0 N–H and O–H groups in total. The van der Waals surface area contributed by atoms with Crippen molar-refractivity contribution in [1.29, 1.82) is 0 Å². The first-order chi connectivity index (χ1) is 6.29.